The Hall–Kier alpha value is -4.32. The van der Waals surface area contributed by atoms with Crippen molar-refractivity contribution in [3.05, 3.63) is 101 Å². The normalized spacial score (nSPS) is 19.0. The minimum atomic E-state index is -0.776. The fourth-order valence-corrected chi connectivity index (χ4v) is 4.98. The van der Waals surface area contributed by atoms with Gasteiger partial charge < -0.3 is 14.8 Å². The average Bonchev–Trinajstić information content (AvgIpc) is 3.55. The lowest BCUT2D eigenvalue weighted by molar-refractivity contribution is -0.132. The smallest absolute Gasteiger partial charge is 0.300 e. The monoisotopic (exact) mass is 450 g/mol. The summed E-state index contributed by atoms with van der Waals surface area (Å²) in [5, 5.41) is 12.3. The Morgan fingerprint density at radius 1 is 1.06 bits per heavy atom. The van der Waals surface area contributed by atoms with Crippen LogP contribution in [0.2, 0.25) is 0 Å². The number of aromatic nitrogens is 1. The fraction of sp³-hybridized carbons (Fsp3) is 0.143. The summed E-state index contributed by atoms with van der Waals surface area (Å²) < 4.78 is 5.58. The van der Waals surface area contributed by atoms with Gasteiger partial charge in [0.25, 0.3) is 11.7 Å². The molecule has 0 radical (unpaired) electrons. The molecule has 3 heterocycles. The van der Waals surface area contributed by atoms with Gasteiger partial charge in [0.05, 0.1) is 18.2 Å². The summed E-state index contributed by atoms with van der Waals surface area (Å²) in [6, 6.07) is 19.8. The lowest BCUT2D eigenvalue weighted by Gasteiger charge is -2.25. The third-order valence-corrected chi connectivity index (χ3v) is 6.60. The number of para-hydroxylation sites is 1. The van der Waals surface area contributed by atoms with E-state index in [4.69, 9.17) is 4.74 Å². The minimum absolute atomic E-state index is 0.0788. The molecule has 0 bridgehead atoms. The molecule has 1 saturated heterocycles. The minimum Gasteiger partial charge on any atom is -0.507 e. The van der Waals surface area contributed by atoms with Gasteiger partial charge in [0.2, 0.25) is 0 Å². The van der Waals surface area contributed by atoms with Gasteiger partial charge in [-0.25, -0.2) is 0 Å². The number of rotatable bonds is 3. The predicted octanol–water partition coefficient (Wildman–Crippen LogP) is 5.04. The second-order valence-corrected chi connectivity index (χ2v) is 8.72. The van der Waals surface area contributed by atoms with E-state index in [9.17, 15) is 14.7 Å². The van der Waals surface area contributed by atoms with E-state index in [1.54, 1.807) is 12.1 Å². The first-order valence-corrected chi connectivity index (χ1v) is 11.2. The van der Waals surface area contributed by atoms with Gasteiger partial charge in [0, 0.05) is 40.3 Å². The summed E-state index contributed by atoms with van der Waals surface area (Å²) in [4.78, 5) is 31.5. The van der Waals surface area contributed by atoms with E-state index in [2.05, 4.69) is 4.98 Å². The highest BCUT2D eigenvalue weighted by Gasteiger charge is 2.47. The largest absolute Gasteiger partial charge is 0.507 e. The SMILES string of the molecule is Cc1cccc(N2C(=O)C(=O)/C(=C(/O)c3ccc4c(c3)CCO4)C2c2c[nH]c3ccccc23)c1. The maximum atomic E-state index is 13.4. The molecule has 1 fully saturated rings. The number of anilines is 1. The summed E-state index contributed by atoms with van der Waals surface area (Å²) in [5.41, 5.74) is 4.77. The van der Waals surface area contributed by atoms with E-state index in [1.807, 2.05) is 67.7 Å². The number of carbonyl (C=O) groups excluding carboxylic acids is 2. The molecule has 6 nitrogen and oxygen atoms in total. The molecule has 6 heteroatoms. The van der Waals surface area contributed by atoms with Crippen LogP contribution in [0, 0.1) is 6.92 Å². The molecular weight excluding hydrogens is 428 g/mol. The van der Waals surface area contributed by atoms with Crippen molar-refractivity contribution in [3.8, 4) is 5.75 Å². The number of carbonyl (C=O) groups is 2. The number of ketones is 1. The van der Waals surface area contributed by atoms with Gasteiger partial charge in [-0.05, 0) is 54.4 Å². The topological polar surface area (TPSA) is 82.6 Å². The number of hydrogen-bond acceptors (Lipinski definition) is 4. The molecule has 0 saturated carbocycles. The summed E-state index contributed by atoms with van der Waals surface area (Å²) in [5.74, 6) is -0.763. The van der Waals surface area contributed by atoms with Crippen LogP contribution in [-0.4, -0.2) is 28.4 Å². The molecule has 0 aliphatic carbocycles. The highest BCUT2D eigenvalue weighted by atomic mass is 16.5. The van der Waals surface area contributed by atoms with E-state index in [1.165, 1.54) is 4.90 Å². The van der Waals surface area contributed by atoms with Crippen molar-refractivity contribution in [2.75, 3.05) is 11.5 Å². The number of fused-ring (bicyclic) bond motifs is 2. The second-order valence-electron chi connectivity index (χ2n) is 8.72. The first kappa shape index (κ1) is 20.3. The molecule has 2 aliphatic heterocycles. The number of H-pyrrole nitrogens is 1. The molecule has 1 unspecified atom stereocenters. The van der Waals surface area contributed by atoms with Gasteiger partial charge in [0.1, 0.15) is 11.5 Å². The third kappa shape index (κ3) is 3.03. The van der Waals surface area contributed by atoms with Crippen LogP contribution in [0.15, 0.2) is 78.5 Å². The van der Waals surface area contributed by atoms with Crippen LogP contribution in [0.25, 0.3) is 16.7 Å². The van der Waals surface area contributed by atoms with Crippen LogP contribution in [0.5, 0.6) is 5.75 Å². The molecule has 168 valence electrons. The van der Waals surface area contributed by atoms with E-state index >= 15 is 0 Å². The number of nitrogens with zero attached hydrogens (tertiary/aromatic N) is 1. The highest BCUT2D eigenvalue weighted by Crippen LogP contribution is 2.44. The van der Waals surface area contributed by atoms with Crippen molar-refractivity contribution in [1.29, 1.82) is 0 Å². The number of aliphatic hydroxyl groups excluding tert-OH is 1. The molecule has 2 aliphatic rings. The number of nitrogens with one attached hydrogen (secondary N) is 1. The number of ether oxygens (including phenoxy) is 1. The predicted molar refractivity (Wildman–Crippen MR) is 130 cm³/mol. The summed E-state index contributed by atoms with van der Waals surface area (Å²) in [6.07, 6.45) is 2.55. The molecule has 34 heavy (non-hydrogen) atoms. The average molecular weight is 450 g/mol. The molecule has 4 aromatic rings. The van der Waals surface area contributed by atoms with Crippen molar-refractivity contribution in [3.63, 3.8) is 0 Å². The molecular formula is C28H22N2O4. The van der Waals surface area contributed by atoms with Gasteiger partial charge in [0.15, 0.2) is 0 Å². The van der Waals surface area contributed by atoms with Crippen molar-refractivity contribution in [2.45, 2.75) is 19.4 Å². The second kappa shape index (κ2) is 7.63. The summed E-state index contributed by atoms with van der Waals surface area (Å²) in [7, 11) is 0. The molecule has 3 aromatic carbocycles. The first-order chi connectivity index (χ1) is 16.5. The Bertz CT molecular complexity index is 1510. The number of benzene rings is 3. The summed E-state index contributed by atoms with van der Waals surface area (Å²) in [6.45, 7) is 2.53. The number of amides is 1. The van der Waals surface area contributed by atoms with Gasteiger partial charge in [-0.3, -0.25) is 14.5 Å². The van der Waals surface area contributed by atoms with Crippen LogP contribution in [0.1, 0.15) is 28.3 Å². The van der Waals surface area contributed by atoms with Crippen LogP contribution in [0.4, 0.5) is 5.69 Å². The van der Waals surface area contributed by atoms with E-state index < -0.39 is 17.7 Å². The lowest BCUT2D eigenvalue weighted by Crippen LogP contribution is -2.29. The number of Topliss-reactive ketones (excluding diaryl/α,β-unsaturated/α-hetero) is 1. The number of aryl methyl sites for hydroxylation is 1. The fourth-order valence-electron chi connectivity index (χ4n) is 4.98. The van der Waals surface area contributed by atoms with E-state index in [0.717, 1.165) is 39.8 Å². The van der Waals surface area contributed by atoms with Crippen molar-refractivity contribution in [2.24, 2.45) is 0 Å². The van der Waals surface area contributed by atoms with Gasteiger partial charge in [-0.1, -0.05) is 30.3 Å². The highest BCUT2D eigenvalue weighted by molar-refractivity contribution is 6.51. The Morgan fingerprint density at radius 2 is 1.91 bits per heavy atom. The zero-order chi connectivity index (χ0) is 23.4. The van der Waals surface area contributed by atoms with Crippen molar-refractivity contribution in [1.82, 2.24) is 4.98 Å². The maximum absolute atomic E-state index is 13.4. The van der Waals surface area contributed by atoms with Crippen LogP contribution >= 0.6 is 0 Å². The Morgan fingerprint density at radius 3 is 2.76 bits per heavy atom. The third-order valence-electron chi connectivity index (χ3n) is 6.60. The molecule has 1 atom stereocenters. The number of aliphatic hydroxyl groups is 1. The molecule has 1 amide bonds. The number of aromatic amines is 1. The zero-order valence-corrected chi connectivity index (χ0v) is 18.5. The van der Waals surface area contributed by atoms with Crippen LogP contribution < -0.4 is 9.64 Å². The van der Waals surface area contributed by atoms with Crippen molar-refractivity contribution < 1.29 is 19.4 Å². The van der Waals surface area contributed by atoms with Gasteiger partial charge in [-0.2, -0.15) is 0 Å². The van der Waals surface area contributed by atoms with Gasteiger partial charge >= 0.3 is 0 Å². The standard InChI is InChI=1S/C28H22N2O4/c1-16-5-4-6-19(13-16)30-25(21-15-29-22-8-3-2-7-20(21)22)24(27(32)28(30)33)26(31)18-9-10-23-17(14-18)11-12-34-23/h2-10,13-15,25,29,31H,11-12H2,1H3/b26-24+. The zero-order valence-electron chi connectivity index (χ0n) is 18.5. The van der Waals surface area contributed by atoms with E-state index in [0.29, 0.717) is 17.9 Å². The Labute approximate surface area is 196 Å². The van der Waals surface area contributed by atoms with E-state index in [-0.39, 0.29) is 11.3 Å². The van der Waals surface area contributed by atoms with Crippen LogP contribution in [0.3, 0.4) is 0 Å². The lowest BCUT2D eigenvalue weighted by atomic mass is 9.94. The maximum Gasteiger partial charge on any atom is 0.300 e. The molecule has 1 aromatic heterocycles. The van der Waals surface area contributed by atoms with Crippen molar-refractivity contribution >= 4 is 34.0 Å². The summed E-state index contributed by atoms with van der Waals surface area (Å²) >= 11 is 0. The molecule has 0 spiro atoms. The van der Waals surface area contributed by atoms with Gasteiger partial charge in [-0.15, -0.1) is 0 Å². The van der Waals surface area contributed by atoms with Crippen LogP contribution in [-0.2, 0) is 16.0 Å². The first-order valence-electron chi connectivity index (χ1n) is 11.2. The molecule has 6 rings (SSSR count). The Kier molecular flexibility index (Phi) is 4.55. The Balaban J connectivity index is 1.60. The molecule has 2 N–H and O–H groups in total. The number of hydrogen-bond donors (Lipinski definition) is 2. The quantitative estimate of drug-likeness (QED) is 0.260.